The Morgan fingerprint density at radius 1 is 1.12 bits per heavy atom. The van der Waals surface area contributed by atoms with Gasteiger partial charge in [0.2, 0.25) is 0 Å². The molecule has 3 fully saturated rings. The molecule has 0 spiro atoms. The van der Waals surface area contributed by atoms with Gasteiger partial charge in [-0.25, -0.2) is 0 Å². The van der Waals surface area contributed by atoms with Crippen molar-refractivity contribution in [1.82, 2.24) is 9.80 Å². The highest BCUT2D eigenvalue weighted by Gasteiger charge is 2.39. The molecule has 134 valence electrons. The van der Waals surface area contributed by atoms with Crippen molar-refractivity contribution < 1.29 is 13.9 Å². The van der Waals surface area contributed by atoms with Gasteiger partial charge in [0.25, 0.3) is 0 Å². The fraction of sp³-hybridized carbons (Fsp3) is 0.789. The Labute approximate surface area is 144 Å². The van der Waals surface area contributed by atoms with Gasteiger partial charge in [0.15, 0.2) is 0 Å². The highest BCUT2D eigenvalue weighted by Crippen LogP contribution is 2.32. The van der Waals surface area contributed by atoms with E-state index in [1.807, 2.05) is 6.07 Å². The third-order valence-electron chi connectivity index (χ3n) is 5.74. The Morgan fingerprint density at radius 2 is 2.04 bits per heavy atom. The van der Waals surface area contributed by atoms with Crippen molar-refractivity contribution >= 4 is 0 Å². The number of hydrogen-bond donors (Lipinski definition) is 0. The Balaban J connectivity index is 1.17. The van der Waals surface area contributed by atoms with Gasteiger partial charge in [0, 0.05) is 19.1 Å². The predicted molar refractivity (Wildman–Crippen MR) is 91.9 cm³/mol. The molecule has 0 N–H and O–H groups in total. The number of likely N-dealkylation sites (tertiary alicyclic amines) is 2. The molecule has 3 atom stereocenters. The van der Waals surface area contributed by atoms with Crippen LogP contribution in [0.25, 0.3) is 0 Å². The van der Waals surface area contributed by atoms with Crippen LogP contribution in [0.15, 0.2) is 22.8 Å². The zero-order chi connectivity index (χ0) is 16.2. The molecule has 2 unspecified atom stereocenters. The summed E-state index contributed by atoms with van der Waals surface area (Å²) < 4.78 is 17.7. The van der Waals surface area contributed by atoms with Gasteiger partial charge >= 0.3 is 0 Å². The van der Waals surface area contributed by atoms with E-state index in [1.165, 1.54) is 32.4 Å². The zero-order valence-corrected chi connectivity index (χ0v) is 14.6. The maximum Gasteiger partial charge on any atom is 0.117 e. The van der Waals surface area contributed by atoms with E-state index in [9.17, 15) is 0 Å². The molecule has 1 aromatic rings. The second-order valence-corrected chi connectivity index (χ2v) is 7.40. The maximum atomic E-state index is 6.32. The molecule has 0 radical (unpaired) electrons. The van der Waals surface area contributed by atoms with Gasteiger partial charge in [-0.2, -0.15) is 0 Å². The predicted octanol–water partition coefficient (Wildman–Crippen LogP) is 2.51. The minimum Gasteiger partial charge on any atom is -0.468 e. The van der Waals surface area contributed by atoms with E-state index in [1.54, 1.807) is 6.26 Å². The molecule has 5 nitrogen and oxygen atoms in total. The molecule has 0 aliphatic carbocycles. The van der Waals surface area contributed by atoms with E-state index >= 15 is 0 Å². The van der Waals surface area contributed by atoms with Crippen LogP contribution in [-0.4, -0.2) is 67.4 Å². The summed E-state index contributed by atoms with van der Waals surface area (Å²) in [6.45, 7) is 7.20. The van der Waals surface area contributed by atoms with Gasteiger partial charge < -0.3 is 18.8 Å². The third-order valence-corrected chi connectivity index (χ3v) is 5.74. The minimum absolute atomic E-state index is 0.286. The van der Waals surface area contributed by atoms with E-state index in [4.69, 9.17) is 13.9 Å². The Bertz CT molecular complexity index is 487. The summed E-state index contributed by atoms with van der Waals surface area (Å²) in [5, 5.41) is 0. The first-order chi connectivity index (χ1) is 11.9. The number of rotatable bonds is 7. The lowest BCUT2D eigenvalue weighted by Crippen LogP contribution is -2.43. The van der Waals surface area contributed by atoms with Crippen LogP contribution in [0.5, 0.6) is 0 Å². The van der Waals surface area contributed by atoms with Crippen molar-refractivity contribution in [3.05, 3.63) is 24.2 Å². The van der Waals surface area contributed by atoms with Crippen molar-refractivity contribution in [2.75, 3.05) is 39.4 Å². The van der Waals surface area contributed by atoms with Crippen LogP contribution in [0.1, 0.15) is 37.9 Å². The molecule has 3 aliphatic heterocycles. The van der Waals surface area contributed by atoms with E-state index in [0.717, 1.165) is 51.4 Å². The lowest BCUT2D eigenvalue weighted by atomic mass is 9.99. The third kappa shape index (κ3) is 4.02. The van der Waals surface area contributed by atoms with Gasteiger partial charge in [-0.05, 0) is 57.3 Å². The standard InChI is InChI=1S/C19H30N2O3/c1-2-9-20(8-1)11-13-22-15-17-5-6-18-19(24-17)7-10-21(18)14-16-4-3-12-23-16/h3-4,12,17-19H,1-2,5-11,13-15H2/t17-,18?,19?/m0/s1. The van der Waals surface area contributed by atoms with Gasteiger partial charge in [-0.15, -0.1) is 0 Å². The Morgan fingerprint density at radius 3 is 2.88 bits per heavy atom. The SMILES string of the molecule is c1coc(CN2CCC3O[C@H](COCCN4CCCC4)CCC32)c1. The normalized spacial score (nSPS) is 31.6. The van der Waals surface area contributed by atoms with Crippen LogP contribution in [0, 0.1) is 0 Å². The molecule has 0 amide bonds. The topological polar surface area (TPSA) is 38.1 Å². The fourth-order valence-electron chi connectivity index (χ4n) is 4.42. The molecular weight excluding hydrogens is 304 g/mol. The maximum absolute atomic E-state index is 6.32. The molecule has 0 saturated carbocycles. The second-order valence-electron chi connectivity index (χ2n) is 7.40. The lowest BCUT2D eigenvalue weighted by Gasteiger charge is -2.35. The van der Waals surface area contributed by atoms with Crippen LogP contribution in [0.3, 0.4) is 0 Å². The van der Waals surface area contributed by atoms with E-state index < -0.39 is 0 Å². The van der Waals surface area contributed by atoms with Crippen molar-refractivity contribution in [3.8, 4) is 0 Å². The van der Waals surface area contributed by atoms with Crippen molar-refractivity contribution in [2.45, 2.75) is 56.9 Å². The van der Waals surface area contributed by atoms with E-state index in [2.05, 4.69) is 15.9 Å². The molecule has 3 saturated heterocycles. The van der Waals surface area contributed by atoms with Crippen LogP contribution in [0.2, 0.25) is 0 Å². The average molecular weight is 334 g/mol. The number of furan rings is 1. The monoisotopic (exact) mass is 334 g/mol. The van der Waals surface area contributed by atoms with E-state index in [0.29, 0.717) is 12.1 Å². The van der Waals surface area contributed by atoms with Crippen LogP contribution in [-0.2, 0) is 16.0 Å². The lowest BCUT2D eigenvalue weighted by molar-refractivity contribution is -0.101. The molecular formula is C19H30N2O3. The summed E-state index contributed by atoms with van der Waals surface area (Å²) in [6.07, 6.45) is 8.58. The Hall–Kier alpha value is -0.880. The summed E-state index contributed by atoms with van der Waals surface area (Å²) in [6, 6.07) is 4.58. The molecule has 5 heteroatoms. The van der Waals surface area contributed by atoms with Crippen LogP contribution in [0.4, 0.5) is 0 Å². The van der Waals surface area contributed by atoms with Gasteiger partial charge in [-0.1, -0.05) is 0 Å². The molecule has 4 rings (SSSR count). The van der Waals surface area contributed by atoms with Crippen molar-refractivity contribution in [1.29, 1.82) is 0 Å². The van der Waals surface area contributed by atoms with Crippen LogP contribution >= 0.6 is 0 Å². The number of hydrogen-bond acceptors (Lipinski definition) is 5. The molecule has 24 heavy (non-hydrogen) atoms. The number of ether oxygens (including phenoxy) is 2. The summed E-state index contributed by atoms with van der Waals surface area (Å²) in [5.74, 6) is 1.06. The second kappa shape index (κ2) is 8.00. The first kappa shape index (κ1) is 16.6. The smallest absolute Gasteiger partial charge is 0.117 e. The van der Waals surface area contributed by atoms with Crippen molar-refractivity contribution in [2.24, 2.45) is 0 Å². The molecule has 0 aromatic carbocycles. The fourth-order valence-corrected chi connectivity index (χ4v) is 4.42. The summed E-state index contributed by atoms with van der Waals surface area (Å²) in [5.41, 5.74) is 0. The Kier molecular flexibility index (Phi) is 5.53. The largest absolute Gasteiger partial charge is 0.468 e. The van der Waals surface area contributed by atoms with Crippen LogP contribution < -0.4 is 0 Å². The zero-order valence-electron chi connectivity index (χ0n) is 14.6. The van der Waals surface area contributed by atoms with Gasteiger partial charge in [0.05, 0.1) is 38.2 Å². The highest BCUT2D eigenvalue weighted by molar-refractivity contribution is 5.01. The summed E-state index contributed by atoms with van der Waals surface area (Å²) in [7, 11) is 0. The quantitative estimate of drug-likeness (QED) is 0.717. The van der Waals surface area contributed by atoms with E-state index in [-0.39, 0.29) is 6.10 Å². The summed E-state index contributed by atoms with van der Waals surface area (Å²) >= 11 is 0. The van der Waals surface area contributed by atoms with Crippen molar-refractivity contribution in [3.63, 3.8) is 0 Å². The number of fused-ring (bicyclic) bond motifs is 1. The minimum atomic E-state index is 0.286. The van der Waals surface area contributed by atoms with Gasteiger partial charge in [-0.3, -0.25) is 4.90 Å². The highest BCUT2D eigenvalue weighted by atomic mass is 16.5. The van der Waals surface area contributed by atoms with Gasteiger partial charge in [0.1, 0.15) is 5.76 Å². The molecule has 1 aromatic heterocycles. The molecule has 4 heterocycles. The molecule has 0 bridgehead atoms. The molecule has 3 aliphatic rings. The average Bonchev–Trinajstić information content (AvgIpc) is 3.35. The number of nitrogens with zero attached hydrogens (tertiary/aromatic N) is 2. The first-order valence-electron chi connectivity index (χ1n) is 9.60. The first-order valence-corrected chi connectivity index (χ1v) is 9.60. The summed E-state index contributed by atoms with van der Waals surface area (Å²) in [4.78, 5) is 5.02.